The third-order valence-corrected chi connectivity index (χ3v) is 4.29. The average molecular weight is 229 g/mol. The zero-order chi connectivity index (χ0) is 11.6. The molecular formula is C12H23NOS. The molecule has 1 saturated heterocycles. The molecule has 1 rings (SSSR count). The molecule has 1 aliphatic rings. The minimum absolute atomic E-state index is 0.193. The fraction of sp³-hybridized carbons (Fsp3) is 0.917. The molecule has 15 heavy (non-hydrogen) atoms. The van der Waals surface area contributed by atoms with Crippen molar-refractivity contribution in [1.82, 2.24) is 4.90 Å². The van der Waals surface area contributed by atoms with E-state index in [2.05, 4.69) is 30.5 Å². The molecule has 0 aromatic rings. The lowest BCUT2D eigenvalue weighted by atomic mass is 9.88. The zero-order valence-corrected chi connectivity index (χ0v) is 11.4. The standard InChI is InChI=1S/C12H23NOS/c1-9-6-13(7-10(2)15-9)8-12(4,5)11(3)14/h9-10H,6-8H2,1-5H3. The number of nitrogens with zero attached hydrogens (tertiary/aromatic N) is 1. The first-order valence-electron chi connectivity index (χ1n) is 5.70. The molecule has 2 atom stereocenters. The van der Waals surface area contributed by atoms with E-state index in [1.165, 1.54) is 0 Å². The molecule has 3 heteroatoms. The molecular weight excluding hydrogens is 206 g/mol. The summed E-state index contributed by atoms with van der Waals surface area (Å²) >= 11 is 2.05. The fourth-order valence-electron chi connectivity index (χ4n) is 2.08. The Bertz CT molecular complexity index is 230. The van der Waals surface area contributed by atoms with Gasteiger partial charge in [0.1, 0.15) is 5.78 Å². The Morgan fingerprint density at radius 2 is 1.80 bits per heavy atom. The monoisotopic (exact) mass is 229 g/mol. The first kappa shape index (κ1) is 13.0. The molecule has 0 amide bonds. The molecule has 0 bridgehead atoms. The van der Waals surface area contributed by atoms with Crippen molar-refractivity contribution in [2.75, 3.05) is 19.6 Å². The number of ketones is 1. The molecule has 0 saturated carbocycles. The quantitative estimate of drug-likeness (QED) is 0.741. The van der Waals surface area contributed by atoms with Gasteiger partial charge in [-0.15, -0.1) is 0 Å². The molecule has 0 aromatic heterocycles. The van der Waals surface area contributed by atoms with Gasteiger partial charge in [-0.2, -0.15) is 11.8 Å². The lowest BCUT2D eigenvalue weighted by Crippen LogP contribution is -2.46. The highest BCUT2D eigenvalue weighted by atomic mass is 32.2. The molecule has 0 N–H and O–H groups in total. The van der Waals surface area contributed by atoms with Crippen LogP contribution in [-0.4, -0.2) is 40.8 Å². The lowest BCUT2D eigenvalue weighted by molar-refractivity contribution is -0.125. The summed E-state index contributed by atoms with van der Waals surface area (Å²) in [6.07, 6.45) is 0. The van der Waals surface area contributed by atoms with Gasteiger partial charge >= 0.3 is 0 Å². The first-order valence-corrected chi connectivity index (χ1v) is 6.64. The molecule has 1 aliphatic heterocycles. The Labute approximate surface area is 97.8 Å². The Morgan fingerprint density at radius 3 is 2.20 bits per heavy atom. The van der Waals surface area contributed by atoms with E-state index in [4.69, 9.17) is 0 Å². The second kappa shape index (κ2) is 4.88. The second-order valence-corrected chi connectivity index (χ2v) is 7.27. The van der Waals surface area contributed by atoms with Gasteiger partial charge in [-0.3, -0.25) is 4.79 Å². The summed E-state index contributed by atoms with van der Waals surface area (Å²) in [5.41, 5.74) is -0.193. The van der Waals surface area contributed by atoms with Gasteiger partial charge in [0.15, 0.2) is 0 Å². The van der Waals surface area contributed by atoms with Crippen LogP contribution >= 0.6 is 11.8 Å². The van der Waals surface area contributed by atoms with Gasteiger partial charge in [0, 0.05) is 35.5 Å². The van der Waals surface area contributed by atoms with E-state index in [-0.39, 0.29) is 5.41 Å². The van der Waals surface area contributed by atoms with Gasteiger partial charge in [-0.05, 0) is 6.92 Å². The van der Waals surface area contributed by atoms with Crippen LogP contribution in [0.2, 0.25) is 0 Å². The van der Waals surface area contributed by atoms with E-state index in [1.54, 1.807) is 6.92 Å². The van der Waals surface area contributed by atoms with Crippen molar-refractivity contribution in [2.45, 2.75) is 45.1 Å². The Hall–Kier alpha value is -0.0200. The second-order valence-electron chi connectivity index (χ2n) is 5.39. The van der Waals surface area contributed by atoms with Crippen LogP contribution in [0.25, 0.3) is 0 Å². The van der Waals surface area contributed by atoms with E-state index >= 15 is 0 Å². The van der Waals surface area contributed by atoms with Crippen LogP contribution in [0, 0.1) is 5.41 Å². The summed E-state index contributed by atoms with van der Waals surface area (Å²) < 4.78 is 0. The molecule has 0 radical (unpaired) electrons. The van der Waals surface area contributed by atoms with Crippen LogP contribution in [-0.2, 0) is 4.79 Å². The summed E-state index contributed by atoms with van der Waals surface area (Å²) in [5, 5.41) is 1.38. The largest absolute Gasteiger partial charge is 0.300 e. The summed E-state index contributed by atoms with van der Waals surface area (Å²) in [6, 6.07) is 0. The molecule has 2 nitrogen and oxygen atoms in total. The van der Waals surface area contributed by atoms with Crippen LogP contribution in [0.1, 0.15) is 34.6 Å². The van der Waals surface area contributed by atoms with Crippen molar-refractivity contribution in [3.05, 3.63) is 0 Å². The molecule has 1 fully saturated rings. The number of hydrogen-bond acceptors (Lipinski definition) is 3. The molecule has 0 aliphatic carbocycles. The highest BCUT2D eigenvalue weighted by Gasteiger charge is 2.30. The average Bonchev–Trinajstić information content (AvgIpc) is 1.99. The minimum Gasteiger partial charge on any atom is -0.300 e. The van der Waals surface area contributed by atoms with Crippen LogP contribution in [0.5, 0.6) is 0 Å². The predicted octanol–water partition coefficient (Wildman–Crippen LogP) is 2.43. The van der Waals surface area contributed by atoms with E-state index in [0.717, 1.165) is 19.6 Å². The van der Waals surface area contributed by atoms with Crippen molar-refractivity contribution in [2.24, 2.45) is 5.41 Å². The number of carbonyl (C=O) groups is 1. The van der Waals surface area contributed by atoms with Crippen molar-refractivity contribution < 1.29 is 4.79 Å². The summed E-state index contributed by atoms with van der Waals surface area (Å²) in [4.78, 5) is 13.9. The number of rotatable bonds is 3. The molecule has 2 unspecified atom stereocenters. The minimum atomic E-state index is -0.193. The van der Waals surface area contributed by atoms with E-state index in [9.17, 15) is 4.79 Å². The van der Waals surface area contributed by atoms with Crippen molar-refractivity contribution in [1.29, 1.82) is 0 Å². The topological polar surface area (TPSA) is 20.3 Å². The van der Waals surface area contributed by atoms with E-state index in [1.807, 2.05) is 13.8 Å². The smallest absolute Gasteiger partial charge is 0.136 e. The van der Waals surface area contributed by atoms with Gasteiger partial charge < -0.3 is 4.90 Å². The van der Waals surface area contributed by atoms with Crippen molar-refractivity contribution >= 4 is 17.5 Å². The lowest BCUT2D eigenvalue weighted by Gasteiger charge is -2.38. The maximum Gasteiger partial charge on any atom is 0.136 e. The normalized spacial score (nSPS) is 29.1. The number of Topliss-reactive ketones (excluding diaryl/α,β-unsaturated/α-hetero) is 1. The van der Waals surface area contributed by atoms with Crippen molar-refractivity contribution in [3.63, 3.8) is 0 Å². The van der Waals surface area contributed by atoms with Gasteiger partial charge in [-0.1, -0.05) is 27.7 Å². The highest BCUT2D eigenvalue weighted by Crippen LogP contribution is 2.27. The van der Waals surface area contributed by atoms with Gasteiger partial charge in [0.2, 0.25) is 0 Å². The summed E-state index contributed by atoms with van der Waals surface area (Å²) in [6.45, 7) is 13.5. The van der Waals surface area contributed by atoms with Crippen molar-refractivity contribution in [3.8, 4) is 0 Å². The molecule has 1 heterocycles. The maximum atomic E-state index is 11.5. The fourth-order valence-corrected chi connectivity index (χ4v) is 3.47. The van der Waals surface area contributed by atoms with Crippen LogP contribution in [0.15, 0.2) is 0 Å². The Morgan fingerprint density at radius 1 is 1.33 bits per heavy atom. The molecule has 0 spiro atoms. The third kappa shape index (κ3) is 3.80. The van der Waals surface area contributed by atoms with E-state index < -0.39 is 0 Å². The summed E-state index contributed by atoms with van der Waals surface area (Å²) in [5.74, 6) is 0.293. The first-order chi connectivity index (χ1) is 6.81. The maximum absolute atomic E-state index is 11.5. The highest BCUT2D eigenvalue weighted by molar-refractivity contribution is 8.00. The van der Waals surface area contributed by atoms with Crippen LogP contribution < -0.4 is 0 Å². The van der Waals surface area contributed by atoms with Crippen LogP contribution in [0.3, 0.4) is 0 Å². The Balaban J connectivity index is 2.54. The van der Waals surface area contributed by atoms with Gasteiger partial charge in [-0.25, -0.2) is 0 Å². The molecule has 0 aromatic carbocycles. The van der Waals surface area contributed by atoms with E-state index in [0.29, 0.717) is 16.3 Å². The van der Waals surface area contributed by atoms with Crippen LogP contribution in [0.4, 0.5) is 0 Å². The Kier molecular flexibility index (Phi) is 4.24. The number of carbonyl (C=O) groups excluding carboxylic acids is 1. The van der Waals surface area contributed by atoms with Gasteiger partial charge in [0.25, 0.3) is 0 Å². The van der Waals surface area contributed by atoms with Gasteiger partial charge in [0.05, 0.1) is 0 Å². The number of thioether (sulfide) groups is 1. The third-order valence-electron chi connectivity index (χ3n) is 3.07. The molecule has 88 valence electrons. The predicted molar refractivity (Wildman–Crippen MR) is 67.4 cm³/mol. The number of hydrogen-bond donors (Lipinski definition) is 0. The zero-order valence-electron chi connectivity index (χ0n) is 10.5. The SMILES string of the molecule is CC(=O)C(C)(C)CN1CC(C)SC(C)C1. The summed E-state index contributed by atoms with van der Waals surface area (Å²) in [7, 11) is 0.